The van der Waals surface area contributed by atoms with Crippen molar-refractivity contribution in [2.75, 3.05) is 0 Å². The van der Waals surface area contributed by atoms with Gasteiger partial charge in [0.2, 0.25) is 0 Å². The largest absolute Gasteiger partial charge is 0.207 e. The zero-order chi connectivity index (χ0) is 10.8. The van der Waals surface area contributed by atoms with Gasteiger partial charge in [0.15, 0.2) is 0 Å². The monoisotopic (exact) mass is 200 g/mol. The maximum absolute atomic E-state index is 13.1. The molecule has 0 nitrogen and oxygen atoms in total. The molecule has 2 rings (SSSR count). The van der Waals surface area contributed by atoms with Crippen LogP contribution in [0, 0.1) is 19.7 Å². The van der Waals surface area contributed by atoms with Gasteiger partial charge in [0.05, 0.1) is 0 Å². The summed E-state index contributed by atoms with van der Waals surface area (Å²) in [4.78, 5) is 0. The van der Waals surface area contributed by atoms with E-state index >= 15 is 0 Å². The molecule has 0 N–H and O–H groups in total. The van der Waals surface area contributed by atoms with E-state index in [4.69, 9.17) is 0 Å². The van der Waals surface area contributed by atoms with E-state index in [0.717, 1.165) is 5.56 Å². The molecular formula is C14H13F. The summed E-state index contributed by atoms with van der Waals surface area (Å²) in [6.07, 6.45) is 0. The van der Waals surface area contributed by atoms with Crippen LogP contribution in [0.4, 0.5) is 4.39 Å². The summed E-state index contributed by atoms with van der Waals surface area (Å²) in [7, 11) is 0. The Bertz CT molecular complexity index is 486. The number of benzene rings is 2. The van der Waals surface area contributed by atoms with Crippen molar-refractivity contribution in [3.63, 3.8) is 0 Å². The Morgan fingerprint density at radius 2 is 1.60 bits per heavy atom. The van der Waals surface area contributed by atoms with E-state index in [1.807, 2.05) is 24.3 Å². The van der Waals surface area contributed by atoms with Crippen molar-refractivity contribution in [1.29, 1.82) is 0 Å². The molecule has 0 saturated carbocycles. The fourth-order valence-electron chi connectivity index (χ4n) is 1.71. The van der Waals surface area contributed by atoms with Gasteiger partial charge in [0.25, 0.3) is 0 Å². The standard InChI is InChI=1S/C14H13F/c1-10-5-3-4-6-13(10)12-7-8-14(15)11(2)9-12/h3-9H,1-2H3. The van der Waals surface area contributed by atoms with E-state index in [0.29, 0.717) is 5.56 Å². The van der Waals surface area contributed by atoms with E-state index in [9.17, 15) is 4.39 Å². The van der Waals surface area contributed by atoms with Gasteiger partial charge in [-0.15, -0.1) is 0 Å². The first kappa shape index (κ1) is 9.91. The molecule has 1 heteroatoms. The first-order valence-corrected chi connectivity index (χ1v) is 5.00. The van der Waals surface area contributed by atoms with Crippen LogP contribution < -0.4 is 0 Å². The summed E-state index contributed by atoms with van der Waals surface area (Å²) in [5.41, 5.74) is 4.15. The molecule has 0 amide bonds. The summed E-state index contributed by atoms with van der Waals surface area (Å²) >= 11 is 0. The molecule has 15 heavy (non-hydrogen) atoms. The van der Waals surface area contributed by atoms with Crippen molar-refractivity contribution in [3.8, 4) is 11.1 Å². The van der Waals surface area contributed by atoms with Crippen molar-refractivity contribution in [3.05, 3.63) is 59.4 Å². The second-order valence-corrected chi connectivity index (χ2v) is 3.78. The number of hydrogen-bond donors (Lipinski definition) is 0. The third-order valence-corrected chi connectivity index (χ3v) is 2.61. The van der Waals surface area contributed by atoms with E-state index in [1.165, 1.54) is 17.2 Å². The van der Waals surface area contributed by atoms with Gasteiger partial charge in [-0.1, -0.05) is 30.3 Å². The molecule has 2 aromatic carbocycles. The number of aryl methyl sites for hydroxylation is 2. The Morgan fingerprint density at radius 1 is 0.867 bits per heavy atom. The average molecular weight is 200 g/mol. The van der Waals surface area contributed by atoms with Gasteiger partial charge < -0.3 is 0 Å². The van der Waals surface area contributed by atoms with Crippen LogP contribution >= 0.6 is 0 Å². The summed E-state index contributed by atoms with van der Waals surface area (Å²) in [5.74, 6) is -0.146. The third kappa shape index (κ3) is 1.91. The Morgan fingerprint density at radius 3 is 2.27 bits per heavy atom. The Kier molecular flexibility index (Phi) is 2.55. The van der Waals surface area contributed by atoms with Crippen LogP contribution in [0.2, 0.25) is 0 Å². The van der Waals surface area contributed by atoms with Crippen molar-refractivity contribution in [2.24, 2.45) is 0 Å². The van der Waals surface area contributed by atoms with Crippen LogP contribution in [0.15, 0.2) is 42.5 Å². The van der Waals surface area contributed by atoms with Gasteiger partial charge in [-0.2, -0.15) is 0 Å². The minimum Gasteiger partial charge on any atom is -0.207 e. The Balaban J connectivity index is 2.55. The molecular weight excluding hydrogens is 187 g/mol. The molecule has 0 aromatic heterocycles. The zero-order valence-corrected chi connectivity index (χ0v) is 8.92. The molecule has 76 valence electrons. The highest BCUT2D eigenvalue weighted by molar-refractivity contribution is 5.67. The third-order valence-electron chi connectivity index (χ3n) is 2.61. The fourth-order valence-corrected chi connectivity index (χ4v) is 1.71. The second kappa shape index (κ2) is 3.85. The molecule has 0 aliphatic rings. The lowest BCUT2D eigenvalue weighted by Gasteiger charge is -2.06. The first-order chi connectivity index (χ1) is 7.18. The summed E-state index contributed by atoms with van der Waals surface area (Å²) in [6.45, 7) is 3.85. The van der Waals surface area contributed by atoms with Crippen LogP contribution in [-0.4, -0.2) is 0 Å². The minimum absolute atomic E-state index is 0.146. The zero-order valence-electron chi connectivity index (χ0n) is 8.92. The lowest BCUT2D eigenvalue weighted by Crippen LogP contribution is -1.86. The van der Waals surface area contributed by atoms with Gasteiger partial charge >= 0.3 is 0 Å². The summed E-state index contributed by atoms with van der Waals surface area (Å²) in [5, 5.41) is 0. The molecule has 0 fully saturated rings. The molecule has 0 atom stereocenters. The van der Waals surface area contributed by atoms with Crippen molar-refractivity contribution >= 4 is 0 Å². The molecule has 0 bridgehead atoms. The van der Waals surface area contributed by atoms with Crippen LogP contribution in [-0.2, 0) is 0 Å². The van der Waals surface area contributed by atoms with Gasteiger partial charge in [0, 0.05) is 0 Å². The molecule has 0 aliphatic heterocycles. The smallest absolute Gasteiger partial charge is 0.126 e. The normalized spacial score (nSPS) is 10.3. The van der Waals surface area contributed by atoms with Crippen LogP contribution in [0.1, 0.15) is 11.1 Å². The predicted octanol–water partition coefficient (Wildman–Crippen LogP) is 4.11. The van der Waals surface area contributed by atoms with Gasteiger partial charge in [-0.3, -0.25) is 0 Å². The lowest BCUT2D eigenvalue weighted by molar-refractivity contribution is 0.619. The number of rotatable bonds is 1. The van der Waals surface area contributed by atoms with E-state index in [1.54, 1.807) is 6.92 Å². The maximum Gasteiger partial charge on any atom is 0.126 e. The highest BCUT2D eigenvalue weighted by atomic mass is 19.1. The minimum atomic E-state index is -0.146. The number of hydrogen-bond acceptors (Lipinski definition) is 0. The molecule has 0 saturated heterocycles. The molecule has 0 aliphatic carbocycles. The van der Waals surface area contributed by atoms with Crippen molar-refractivity contribution < 1.29 is 4.39 Å². The maximum atomic E-state index is 13.1. The predicted molar refractivity (Wildman–Crippen MR) is 61.3 cm³/mol. The molecule has 0 heterocycles. The van der Waals surface area contributed by atoms with E-state index in [2.05, 4.69) is 19.1 Å². The molecule has 0 unspecified atom stereocenters. The van der Waals surface area contributed by atoms with Crippen LogP contribution in [0.3, 0.4) is 0 Å². The van der Waals surface area contributed by atoms with E-state index < -0.39 is 0 Å². The van der Waals surface area contributed by atoms with Gasteiger partial charge in [-0.25, -0.2) is 4.39 Å². The Labute approximate surface area is 89.4 Å². The summed E-state index contributed by atoms with van der Waals surface area (Å²) in [6, 6.07) is 13.4. The molecule has 0 radical (unpaired) electrons. The Hall–Kier alpha value is -1.63. The molecule has 0 spiro atoms. The number of halogens is 1. The average Bonchev–Trinajstić information content (AvgIpc) is 2.23. The van der Waals surface area contributed by atoms with E-state index in [-0.39, 0.29) is 5.82 Å². The van der Waals surface area contributed by atoms with Gasteiger partial charge in [0.1, 0.15) is 5.82 Å². The molecule has 2 aromatic rings. The summed E-state index contributed by atoms with van der Waals surface area (Å²) < 4.78 is 13.1. The van der Waals surface area contributed by atoms with Crippen molar-refractivity contribution in [2.45, 2.75) is 13.8 Å². The topological polar surface area (TPSA) is 0 Å². The lowest BCUT2D eigenvalue weighted by atomic mass is 9.99. The van der Waals surface area contributed by atoms with Crippen molar-refractivity contribution in [1.82, 2.24) is 0 Å². The highest BCUT2D eigenvalue weighted by Gasteiger charge is 2.03. The van der Waals surface area contributed by atoms with Crippen LogP contribution in [0.25, 0.3) is 11.1 Å². The second-order valence-electron chi connectivity index (χ2n) is 3.78. The highest BCUT2D eigenvalue weighted by Crippen LogP contribution is 2.24. The first-order valence-electron chi connectivity index (χ1n) is 5.00. The quantitative estimate of drug-likeness (QED) is 0.649. The SMILES string of the molecule is Cc1cc(-c2ccccc2C)ccc1F. The van der Waals surface area contributed by atoms with Gasteiger partial charge in [-0.05, 0) is 48.2 Å². The fraction of sp³-hybridized carbons (Fsp3) is 0.143. The van der Waals surface area contributed by atoms with Crippen LogP contribution in [0.5, 0.6) is 0 Å².